The maximum absolute atomic E-state index is 12.3. The molecule has 0 aliphatic carbocycles. The first kappa shape index (κ1) is 12.3. The van der Waals surface area contributed by atoms with E-state index in [0.717, 1.165) is 25.9 Å². The molecule has 0 spiro atoms. The van der Waals surface area contributed by atoms with Gasteiger partial charge in [0, 0.05) is 12.6 Å². The van der Waals surface area contributed by atoms with Crippen LogP contribution in [0, 0.1) is 0 Å². The minimum Gasteiger partial charge on any atom is -0.358 e. The number of hydrogen-bond donors (Lipinski definition) is 0. The summed E-state index contributed by atoms with van der Waals surface area (Å²) in [6.45, 7) is 4.67. The van der Waals surface area contributed by atoms with Gasteiger partial charge in [0.05, 0.1) is 6.33 Å². The number of ether oxygens (including phenoxy) is 1. The van der Waals surface area contributed by atoms with E-state index in [0.29, 0.717) is 11.2 Å². The Kier molecular flexibility index (Phi) is 3.10. The Labute approximate surface area is 111 Å². The first-order valence-corrected chi connectivity index (χ1v) is 6.74. The van der Waals surface area contributed by atoms with E-state index in [4.69, 9.17) is 4.74 Å². The summed E-state index contributed by atoms with van der Waals surface area (Å²) in [6.07, 6.45) is 6.39. The van der Waals surface area contributed by atoms with Gasteiger partial charge in [-0.1, -0.05) is 0 Å². The Bertz CT molecular complexity index is 638. The van der Waals surface area contributed by atoms with Gasteiger partial charge in [-0.15, -0.1) is 0 Å². The second kappa shape index (κ2) is 4.77. The van der Waals surface area contributed by atoms with Gasteiger partial charge >= 0.3 is 0 Å². The molecule has 0 radical (unpaired) electrons. The highest BCUT2D eigenvalue weighted by molar-refractivity contribution is 5.69. The molecule has 1 atom stereocenters. The molecule has 6 nitrogen and oxygen atoms in total. The van der Waals surface area contributed by atoms with Gasteiger partial charge in [0.1, 0.15) is 12.6 Å². The molecule has 19 heavy (non-hydrogen) atoms. The molecular formula is C13H18N4O2. The zero-order valence-electron chi connectivity index (χ0n) is 11.2. The number of rotatable bonds is 2. The Morgan fingerprint density at radius 1 is 1.32 bits per heavy atom. The summed E-state index contributed by atoms with van der Waals surface area (Å²) in [7, 11) is 0. The zero-order valence-corrected chi connectivity index (χ0v) is 11.2. The molecule has 1 saturated heterocycles. The summed E-state index contributed by atoms with van der Waals surface area (Å²) < 4.78 is 9.20. The molecule has 0 N–H and O–H groups in total. The molecular weight excluding hydrogens is 244 g/mol. The predicted molar refractivity (Wildman–Crippen MR) is 71.0 cm³/mol. The third kappa shape index (κ3) is 2.06. The molecule has 6 heteroatoms. The molecule has 0 aromatic carbocycles. The molecule has 3 heterocycles. The Balaban J connectivity index is 2.09. The molecule has 0 amide bonds. The van der Waals surface area contributed by atoms with E-state index in [1.165, 1.54) is 0 Å². The fourth-order valence-corrected chi connectivity index (χ4v) is 2.45. The number of fused-ring (bicyclic) bond motifs is 1. The van der Waals surface area contributed by atoms with Crippen molar-refractivity contribution in [3.05, 3.63) is 23.0 Å². The van der Waals surface area contributed by atoms with Crippen LogP contribution < -0.4 is 5.56 Å². The maximum Gasteiger partial charge on any atom is 0.281 e. The molecule has 1 aliphatic rings. The Morgan fingerprint density at radius 2 is 2.16 bits per heavy atom. The molecule has 1 unspecified atom stereocenters. The molecule has 0 saturated carbocycles. The van der Waals surface area contributed by atoms with Crippen molar-refractivity contribution in [2.45, 2.75) is 45.4 Å². The lowest BCUT2D eigenvalue weighted by atomic mass is 10.2. The summed E-state index contributed by atoms with van der Waals surface area (Å²) in [5.41, 5.74) is 0.953. The van der Waals surface area contributed by atoms with Gasteiger partial charge in [-0.3, -0.25) is 13.9 Å². The minimum absolute atomic E-state index is 0.0412. The van der Waals surface area contributed by atoms with Crippen molar-refractivity contribution in [2.75, 3.05) is 6.61 Å². The lowest BCUT2D eigenvalue weighted by Crippen LogP contribution is -2.23. The smallest absolute Gasteiger partial charge is 0.281 e. The van der Waals surface area contributed by atoms with Gasteiger partial charge in [-0.2, -0.15) is 0 Å². The Hall–Kier alpha value is -1.69. The third-order valence-electron chi connectivity index (χ3n) is 3.53. The first-order chi connectivity index (χ1) is 9.18. The van der Waals surface area contributed by atoms with Crippen LogP contribution in [0.3, 0.4) is 0 Å². The van der Waals surface area contributed by atoms with Crippen molar-refractivity contribution in [2.24, 2.45) is 0 Å². The van der Waals surface area contributed by atoms with E-state index in [9.17, 15) is 4.79 Å². The maximum atomic E-state index is 12.3. The Morgan fingerprint density at radius 3 is 2.84 bits per heavy atom. The van der Waals surface area contributed by atoms with E-state index in [1.54, 1.807) is 17.2 Å². The summed E-state index contributed by atoms with van der Waals surface area (Å²) in [4.78, 5) is 20.9. The van der Waals surface area contributed by atoms with Crippen molar-refractivity contribution >= 4 is 11.2 Å². The van der Waals surface area contributed by atoms with Crippen LogP contribution in [-0.4, -0.2) is 25.7 Å². The predicted octanol–water partition coefficient (Wildman–Crippen LogP) is 1.87. The van der Waals surface area contributed by atoms with Crippen molar-refractivity contribution in [3.8, 4) is 0 Å². The molecule has 0 bridgehead atoms. The van der Waals surface area contributed by atoms with Crippen LogP contribution in [0.2, 0.25) is 0 Å². The fraction of sp³-hybridized carbons (Fsp3) is 0.615. The van der Waals surface area contributed by atoms with Crippen LogP contribution in [0.15, 0.2) is 17.4 Å². The topological polar surface area (TPSA) is 61.9 Å². The number of nitrogens with zero attached hydrogens (tertiary/aromatic N) is 4. The first-order valence-electron chi connectivity index (χ1n) is 6.74. The normalized spacial score (nSPS) is 20.3. The largest absolute Gasteiger partial charge is 0.358 e. The van der Waals surface area contributed by atoms with E-state index in [1.807, 2.05) is 18.4 Å². The second-order valence-corrected chi connectivity index (χ2v) is 5.20. The molecule has 2 aromatic heterocycles. The van der Waals surface area contributed by atoms with E-state index >= 15 is 0 Å². The SMILES string of the molecule is CC(C)n1cnc2c(ncn2C2CCCCO2)c1=O. The highest BCUT2D eigenvalue weighted by Crippen LogP contribution is 2.24. The van der Waals surface area contributed by atoms with Gasteiger partial charge in [-0.25, -0.2) is 9.97 Å². The third-order valence-corrected chi connectivity index (χ3v) is 3.53. The molecule has 3 rings (SSSR count). The van der Waals surface area contributed by atoms with Crippen LogP contribution in [0.5, 0.6) is 0 Å². The lowest BCUT2D eigenvalue weighted by molar-refractivity contribution is -0.0298. The summed E-state index contributed by atoms with van der Waals surface area (Å²) >= 11 is 0. The average Bonchev–Trinajstić information content (AvgIpc) is 2.84. The number of hydrogen-bond acceptors (Lipinski definition) is 4. The van der Waals surface area contributed by atoms with E-state index in [2.05, 4.69) is 9.97 Å². The second-order valence-electron chi connectivity index (χ2n) is 5.20. The van der Waals surface area contributed by atoms with Gasteiger partial charge in [0.15, 0.2) is 11.2 Å². The lowest BCUT2D eigenvalue weighted by Gasteiger charge is -2.23. The van der Waals surface area contributed by atoms with Gasteiger partial charge in [-0.05, 0) is 33.1 Å². The zero-order chi connectivity index (χ0) is 13.4. The van der Waals surface area contributed by atoms with Crippen molar-refractivity contribution < 1.29 is 4.74 Å². The van der Waals surface area contributed by atoms with Crippen LogP contribution >= 0.6 is 0 Å². The van der Waals surface area contributed by atoms with Gasteiger partial charge in [0.2, 0.25) is 0 Å². The van der Waals surface area contributed by atoms with Crippen molar-refractivity contribution in [3.63, 3.8) is 0 Å². The van der Waals surface area contributed by atoms with Crippen LogP contribution in [-0.2, 0) is 4.74 Å². The molecule has 1 fully saturated rings. The molecule has 1 aliphatic heterocycles. The average molecular weight is 262 g/mol. The van der Waals surface area contributed by atoms with Crippen LogP contribution in [0.4, 0.5) is 0 Å². The number of aromatic nitrogens is 4. The highest BCUT2D eigenvalue weighted by atomic mass is 16.5. The summed E-state index contributed by atoms with van der Waals surface area (Å²) in [5.74, 6) is 0. The fourth-order valence-electron chi connectivity index (χ4n) is 2.45. The monoisotopic (exact) mass is 262 g/mol. The minimum atomic E-state index is -0.0884. The van der Waals surface area contributed by atoms with Crippen molar-refractivity contribution in [1.29, 1.82) is 0 Å². The molecule has 2 aromatic rings. The summed E-state index contributed by atoms with van der Waals surface area (Å²) in [6, 6.07) is 0.0838. The van der Waals surface area contributed by atoms with E-state index in [-0.39, 0.29) is 17.8 Å². The quantitative estimate of drug-likeness (QED) is 0.829. The highest BCUT2D eigenvalue weighted by Gasteiger charge is 2.20. The van der Waals surface area contributed by atoms with Crippen LogP contribution in [0.25, 0.3) is 11.2 Å². The van der Waals surface area contributed by atoms with E-state index < -0.39 is 0 Å². The summed E-state index contributed by atoms with van der Waals surface area (Å²) in [5, 5.41) is 0. The van der Waals surface area contributed by atoms with Gasteiger partial charge < -0.3 is 4.74 Å². The van der Waals surface area contributed by atoms with Crippen LogP contribution in [0.1, 0.15) is 45.4 Å². The molecule has 102 valence electrons. The van der Waals surface area contributed by atoms with Gasteiger partial charge in [0.25, 0.3) is 5.56 Å². The number of imidazole rings is 1. The standard InChI is InChI=1S/C13H18N4O2/c1-9(2)16-8-15-12-11(13(16)18)14-7-17(12)10-5-3-4-6-19-10/h7-10H,3-6H2,1-2H3. The van der Waals surface area contributed by atoms with Crippen molar-refractivity contribution in [1.82, 2.24) is 19.1 Å².